The fraction of sp³-hybridized carbons (Fsp3) is 0.600. The molecule has 0 bridgehead atoms. The molecule has 1 saturated heterocycles. The quantitative estimate of drug-likeness (QED) is 0.589. The van der Waals surface area contributed by atoms with Crippen LogP contribution >= 0.6 is 11.6 Å². The van der Waals surface area contributed by atoms with Gasteiger partial charge in [-0.25, -0.2) is 9.59 Å². The van der Waals surface area contributed by atoms with Gasteiger partial charge in [0.15, 0.2) is 0 Å². The Hall–Kier alpha value is -2.09. The number of nitrogens with one attached hydrogen (secondary N) is 2. The molecular formula is C25H35ClN4O3. The summed E-state index contributed by atoms with van der Waals surface area (Å²) >= 11 is 6.04. The van der Waals surface area contributed by atoms with Crippen molar-refractivity contribution in [3.8, 4) is 0 Å². The number of hydrogen-bond acceptors (Lipinski definition) is 5. The van der Waals surface area contributed by atoms with Crippen LogP contribution in [-0.2, 0) is 9.53 Å². The number of piperazine rings is 1. The predicted molar refractivity (Wildman–Crippen MR) is 129 cm³/mol. The molecule has 1 aliphatic carbocycles. The lowest BCUT2D eigenvalue weighted by molar-refractivity contribution is -0.139. The van der Waals surface area contributed by atoms with Crippen molar-refractivity contribution in [2.45, 2.75) is 45.1 Å². The Labute approximate surface area is 201 Å². The molecule has 1 unspecified atom stereocenters. The molecule has 3 aliphatic rings. The van der Waals surface area contributed by atoms with E-state index in [1.54, 1.807) is 19.1 Å². The molecule has 2 heterocycles. The first-order valence-electron chi connectivity index (χ1n) is 12.2. The van der Waals surface area contributed by atoms with Crippen LogP contribution in [0.2, 0.25) is 5.02 Å². The van der Waals surface area contributed by atoms with E-state index in [1.165, 1.54) is 38.6 Å². The second-order valence-electron chi connectivity index (χ2n) is 9.28. The highest BCUT2D eigenvalue weighted by atomic mass is 35.5. The van der Waals surface area contributed by atoms with Crippen LogP contribution in [0.15, 0.2) is 35.5 Å². The van der Waals surface area contributed by atoms with E-state index in [0.717, 1.165) is 37.7 Å². The van der Waals surface area contributed by atoms with Crippen LogP contribution in [0, 0.1) is 5.92 Å². The van der Waals surface area contributed by atoms with Crippen molar-refractivity contribution < 1.29 is 14.3 Å². The summed E-state index contributed by atoms with van der Waals surface area (Å²) in [5.74, 6) is 0.433. The number of carbonyl (C=O) groups is 2. The molecule has 2 aliphatic heterocycles. The smallest absolute Gasteiger partial charge is 0.338 e. The van der Waals surface area contributed by atoms with Crippen LogP contribution < -0.4 is 10.6 Å². The first-order chi connectivity index (χ1) is 16.0. The van der Waals surface area contributed by atoms with E-state index in [1.807, 2.05) is 12.1 Å². The molecular weight excluding hydrogens is 440 g/mol. The van der Waals surface area contributed by atoms with Crippen molar-refractivity contribution in [1.29, 1.82) is 0 Å². The third kappa shape index (κ3) is 6.28. The number of ether oxygens (including phenoxy) is 1. The van der Waals surface area contributed by atoms with Crippen LogP contribution in [0.3, 0.4) is 0 Å². The predicted octanol–water partition coefficient (Wildman–Crippen LogP) is 3.71. The summed E-state index contributed by atoms with van der Waals surface area (Å²) in [7, 11) is 0. The van der Waals surface area contributed by atoms with Gasteiger partial charge in [-0.15, -0.1) is 0 Å². The lowest BCUT2D eigenvalue weighted by atomic mass is 9.89. The molecule has 180 valence electrons. The maximum absolute atomic E-state index is 13.0. The largest absolute Gasteiger partial charge is 0.463 e. The molecule has 1 aromatic carbocycles. The van der Waals surface area contributed by atoms with Crippen molar-refractivity contribution in [1.82, 2.24) is 20.4 Å². The number of esters is 1. The van der Waals surface area contributed by atoms with Crippen LogP contribution in [0.25, 0.3) is 0 Å². The molecule has 0 aromatic heterocycles. The van der Waals surface area contributed by atoms with Gasteiger partial charge >= 0.3 is 12.0 Å². The Bertz CT molecular complexity index is 859. The lowest BCUT2D eigenvalue weighted by Gasteiger charge is -2.38. The molecule has 2 amide bonds. The van der Waals surface area contributed by atoms with Gasteiger partial charge in [-0.1, -0.05) is 43.0 Å². The second kappa shape index (κ2) is 11.4. The van der Waals surface area contributed by atoms with Crippen LogP contribution in [0.5, 0.6) is 0 Å². The molecule has 1 atom stereocenters. The molecule has 4 rings (SSSR count). The van der Waals surface area contributed by atoms with Gasteiger partial charge in [0.05, 0.1) is 18.2 Å². The Balaban J connectivity index is 1.47. The molecule has 8 heteroatoms. The van der Waals surface area contributed by atoms with Gasteiger partial charge in [0, 0.05) is 50.0 Å². The summed E-state index contributed by atoms with van der Waals surface area (Å²) < 4.78 is 5.37. The number of rotatable bonds is 7. The van der Waals surface area contributed by atoms with Crippen molar-refractivity contribution in [2.24, 2.45) is 5.92 Å². The van der Waals surface area contributed by atoms with E-state index in [-0.39, 0.29) is 12.6 Å². The SMILES string of the molecule is CCOC(=O)C1=C(CN2CCN(CC3CCCCC3)CC2)NC(=O)NC1c1ccc(Cl)cc1. The summed E-state index contributed by atoms with van der Waals surface area (Å²) in [6.45, 7) is 7.65. The highest BCUT2D eigenvalue weighted by molar-refractivity contribution is 6.30. The van der Waals surface area contributed by atoms with E-state index in [2.05, 4.69) is 20.4 Å². The van der Waals surface area contributed by atoms with E-state index in [9.17, 15) is 9.59 Å². The Morgan fingerprint density at radius 3 is 2.39 bits per heavy atom. The Kier molecular flexibility index (Phi) is 8.28. The minimum atomic E-state index is -0.572. The third-order valence-corrected chi connectivity index (χ3v) is 7.19. The number of hydrogen-bond donors (Lipinski definition) is 2. The van der Waals surface area contributed by atoms with E-state index >= 15 is 0 Å². The van der Waals surface area contributed by atoms with E-state index < -0.39 is 12.0 Å². The minimum absolute atomic E-state index is 0.275. The molecule has 2 N–H and O–H groups in total. The molecule has 33 heavy (non-hydrogen) atoms. The summed E-state index contributed by atoms with van der Waals surface area (Å²) in [6.07, 6.45) is 6.86. The monoisotopic (exact) mass is 474 g/mol. The standard InChI is InChI=1S/C25H35ClN4O3/c1-2-33-24(31)22-21(27-25(32)28-23(22)19-8-10-20(26)11-9-19)17-30-14-12-29(13-15-30)16-18-6-4-3-5-7-18/h8-11,18,23H,2-7,12-17H2,1H3,(H2,27,28,32). The second-order valence-corrected chi connectivity index (χ2v) is 9.71. The van der Waals surface area contributed by atoms with Gasteiger partial charge in [-0.3, -0.25) is 4.90 Å². The Morgan fingerprint density at radius 2 is 1.73 bits per heavy atom. The highest BCUT2D eigenvalue weighted by Crippen LogP contribution is 2.29. The van der Waals surface area contributed by atoms with E-state index in [4.69, 9.17) is 16.3 Å². The van der Waals surface area contributed by atoms with Crippen LogP contribution in [-0.4, -0.2) is 67.7 Å². The molecule has 1 aromatic rings. The fourth-order valence-corrected chi connectivity index (χ4v) is 5.31. The van der Waals surface area contributed by atoms with Gasteiger partial charge in [-0.2, -0.15) is 0 Å². The average Bonchev–Trinajstić information content (AvgIpc) is 2.81. The number of halogens is 1. The van der Waals surface area contributed by atoms with Crippen molar-refractivity contribution in [3.63, 3.8) is 0 Å². The van der Waals surface area contributed by atoms with Gasteiger partial charge in [-0.05, 0) is 43.4 Å². The molecule has 2 fully saturated rings. The summed E-state index contributed by atoms with van der Waals surface area (Å²) in [5, 5.41) is 6.37. The van der Waals surface area contributed by atoms with Gasteiger partial charge in [0.1, 0.15) is 0 Å². The number of benzene rings is 1. The zero-order valence-electron chi connectivity index (χ0n) is 19.4. The maximum atomic E-state index is 13.0. The zero-order chi connectivity index (χ0) is 23.2. The highest BCUT2D eigenvalue weighted by Gasteiger charge is 2.34. The molecule has 7 nitrogen and oxygen atoms in total. The first kappa shape index (κ1) is 24.0. The molecule has 0 radical (unpaired) electrons. The van der Waals surface area contributed by atoms with Crippen LogP contribution in [0.1, 0.15) is 50.6 Å². The summed E-state index contributed by atoms with van der Waals surface area (Å²) in [4.78, 5) is 30.4. The average molecular weight is 475 g/mol. The number of amides is 2. The summed E-state index contributed by atoms with van der Waals surface area (Å²) in [5.41, 5.74) is 1.88. The first-order valence-corrected chi connectivity index (χ1v) is 12.6. The topological polar surface area (TPSA) is 73.9 Å². The van der Waals surface area contributed by atoms with Gasteiger partial charge < -0.3 is 20.3 Å². The number of nitrogens with zero attached hydrogens (tertiary/aromatic N) is 2. The molecule has 0 spiro atoms. The van der Waals surface area contributed by atoms with E-state index in [0.29, 0.717) is 22.8 Å². The number of carbonyl (C=O) groups excluding carboxylic acids is 2. The number of urea groups is 1. The van der Waals surface area contributed by atoms with Gasteiger partial charge in [0.2, 0.25) is 0 Å². The molecule has 1 saturated carbocycles. The van der Waals surface area contributed by atoms with Gasteiger partial charge in [0.25, 0.3) is 0 Å². The third-order valence-electron chi connectivity index (χ3n) is 6.94. The van der Waals surface area contributed by atoms with Crippen molar-refractivity contribution in [3.05, 3.63) is 46.1 Å². The lowest BCUT2D eigenvalue weighted by Crippen LogP contribution is -2.52. The Morgan fingerprint density at radius 1 is 1.06 bits per heavy atom. The van der Waals surface area contributed by atoms with Crippen molar-refractivity contribution >= 4 is 23.6 Å². The van der Waals surface area contributed by atoms with Crippen LogP contribution in [0.4, 0.5) is 4.79 Å². The normalized spacial score (nSPS) is 23.2. The maximum Gasteiger partial charge on any atom is 0.338 e. The minimum Gasteiger partial charge on any atom is -0.463 e. The summed E-state index contributed by atoms with van der Waals surface area (Å²) in [6, 6.07) is 6.31. The van der Waals surface area contributed by atoms with Crippen molar-refractivity contribution in [2.75, 3.05) is 45.9 Å². The zero-order valence-corrected chi connectivity index (χ0v) is 20.2. The fourth-order valence-electron chi connectivity index (χ4n) is 5.19.